The van der Waals surface area contributed by atoms with Gasteiger partial charge < -0.3 is 20.5 Å². The van der Waals surface area contributed by atoms with Crippen LogP contribution in [0.3, 0.4) is 0 Å². The average molecular weight is 509 g/mol. The minimum atomic E-state index is -1.07. The molecular formula is C25H21BrN2O5. The summed E-state index contributed by atoms with van der Waals surface area (Å²) in [7, 11) is 0. The zero-order valence-corrected chi connectivity index (χ0v) is 19.3. The average Bonchev–Trinajstić information content (AvgIpc) is 3.12. The molecule has 2 amide bonds. The summed E-state index contributed by atoms with van der Waals surface area (Å²) in [4.78, 5) is 35.9. The molecule has 1 unspecified atom stereocenters. The number of carboxylic acid groups (broad SMARTS) is 1. The highest BCUT2D eigenvalue weighted by molar-refractivity contribution is 9.10. The molecule has 0 radical (unpaired) electrons. The molecule has 1 atom stereocenters. The second-order valence-electron chi connectivity index (χ2n) is 7.68. The number of halogens is 1. The largest absolute Gasteiger partial charge is 0.478 e. The van der Waals surface area contributed by atoms with Crippen molar-refractivity contribution in [1.29, 1.82) is 0 Å². The zero-order valence-electron chi connectivity index (χ0n) is 17.7. The summed E-state index contributed by atoms with van der Waals surface area (Å²) in [5, 5.41) is 14.2. The minimum absolute atomic E-state index is 0.0732. The van der Waals surface area contributed by atoms with E-state index in [9.17, 15) is 14.4 Å². The fourth-order valence-electron chi connectivity index (χ4n) is 3.87. The first-order chi connectivity index (χ1) is 15.8. The molecule has 4 rings (SSSR count). The highest BCUT2D eigenvalue weighted by atomic mass is 79.9. The Kier molecular flexibility index (Phi) is 6.46. The van der Waals surface area contributed by atoms with E-state index in [-0.39, 0.29) is 18.1 Å². The van der Waals surface area contributed by atoms with Gasteiger partial charge in [0.15, 0.2) is 0 Å². The monoisotopic (exact) mass is 508 g/mol. The van der Waals surface area contributed by atoms with Gasteiger partial charge >= 0.3 is 12.1 Å². The van der Waals surface area contributed by atoms with E-state index in [2.05, 4.69) is 38.7 Å². The van der Waals surface area contributed by atoms with E-state index in [4.69, 9.17) is 9.84 Å². The van der Waals surface area contributed by atoms with Gasteiger partial charge in [-0.3, -0.25) is 4.79 Å². The van der Waals surface area contributed by atoms with Crippen LogP contribution in [0.15, 0.2) is 71.2 Å². The number of ether oxygens (including phenoxy) is 1. The number of carbonyl (C=O) groups is 3. The Hall–Kier alpha value is -3.65. The van der Waals surface area contributed by atoms with Gasteiger partial charge in [0.25, 0.3) is 0 Å². The third kappa shape index (κ3) is 4.75. The summed E-state index contributed by atoms with van der Waals surface area (Å²) in [6.07, 6.45) is -0.695. The standard InChI is InChI=1S/C25H21BrN2O5/c1-14(23(29)28-22-11-10-15(24(30)31)12-21(22)26)27-25(32)33-13-20-18-8-4-2-6-16(18)17-7-3-5-9-19(17)20/h2-12,14,20H,13H2,1H3,(H,27,32)(H,28,29)(H,30,31). The molecule has 3 aromatic carbocycles. The molecule has 0 saturated carbocycles. The second-order valence-corrected chi connectivity index (χ2v) is 8.53. The van der Waals surface area contributed by atoms with Crippen LogP contribution in [0.1, 0.15) is 34.3 Å². The van der Waals surface area contributed by atoms with Gasteiger partial charge in [0, 0.05) is 10.4 Å². The molecular weight excluding hydrogens is 488 g/mol. The first-order valence-electron chi connectivity index (χ1n) is 10.3. The van der Waals surface area contributed by atoms with Gasteiger partial charge in [0.1, 0.15) is 12.6 Å². The Morgan fingerprint density at radius 2 is 1.61 bits per heavy atom. The summed E-state index contributed by atoms with van der Waals surface area (Å²) in [6, 6.07) is 19.5. The maximum absolute atomic E-state index is 12.5. The molecule has 0 spiro atoms. The maximum atomic E-state index is 12.5. The summed E-state index contributed by atoms with van der Waals surface area (Å²) in [5.74, 6) is -1.61. The lowest BCUT2D eigenvalue weighted by atomic mass is 9.98. The highest BCUT2D eigenvalue weighted by Gasteiger charge is 2.29. The fourth-order valence-corrected chi connectivity index (χ4v) is 4.35. The van der Waals surface area contributed by atoms with Crippen LogP contribution in [0.5, 0.6) is 0 Å². The molecule has 0 aliphatic heterocycles. The Labute approximate surface area is 198 Å². The molecule has 3 aromatic rings. The number of anilines is 1. The number of hydrogen-bond acceptors (Lipinski definition) is 4. The number of rotatable bonds is 6. The van der Waals surface area contributed by atoms with Crippen molar-refractivity contribution in [2.45, 2.75) is 18.9 Å². The molecule has 0 aromatic heterocycles. The van der Waals surface area contributed by atoms with Crippen LogP contribution in [0, 0.1) is 0 Å². The SMILES string of the molecule is CC(NC(=O)OCC1c2ccccc2-c2ccccc21)C(=O)Nc1ccc(C(=O)O)cc1Br. The summed E-state index contributed by atoms with van der Waals surface area (Å²) < 4.78 is 5.89. The van der Waals surface area contributed by atoms with Gasteiger partial charge in [0.05, 0.1) is 11.3 Å². The molecule has 0 saturated heterocycles. The number of carbonyl (C=O) groups excluding carboxylic acids is 2. The van der Waals surface area contributed by atoms with Gasteiger partial charge in [-0.15, -0.1) is 0 Å². The molecule has 1 aliphatic rings. The Balaban J connectivity index is 1.36. The van der Waals surface area contributed by atoms with Crippen LogP contribution < -0.4 is 10.6 Å². The van der Waals surface area contributed by atoms with Crippen molar-refractivity contribution in [1.82, 2.24) is 5.32 Å². The van der Waals surface area contributed by atoms with Crippen molar-refractivity contribution in [3.63, 3.8) is 0 Å². The van der Waals surface area contributed by atoms with Crippen molar-refractivity contribution in [3.05, 3.63) is 87.9 Å². The first-order valence-corrected chi connectivity index (χ1v) is 11.1. The van der Waals surface area contributed by atoms with Crippen LogP contribution in [0.4, 0.5) is 10.5 Å². The smallest absolute Gasteiger partial charge is 0.407 e. The van der Waals surface area contributed by atoms with Crippen LogP contribution in [-0.2, 0) is 9.53 Å². The van der Waals surface area contributed by atoms with Gasteiger partial charge in [-0.1, -0.05) is 48.5 Å². The predicted molar refractivity (Wildman–Crippen MR) is 127 cm³/mol. The first kappa shape index (κ1) is 22.5. The van der Waals surface area contributed by atoms with Crippen LogP contribution in [0.2, 0.25) is 0 Å². The number of amides is 2. The normalized spacial score (nSPS) is 12.9. The number of fused-ring (bicyclic) bond motifs is 3. The van der Waals surface area contributed by atoms with E-state index in [1.165, 1.54) is 25.1 Å². The lowest BCUT2D eigenvalue weighted by Crippen LogP contribution is -2.42. The third-order valence-corrected chi connectivity index (χ3v) is 6.20. The van der Waals surface area contributed by atoms with Crippen molar-refractivity contribution in [2.75, 3.05) is 11.9 Å². The summed E-state index contributed by atoms with van der Waals surface area (Å²) in [5.41, 5.74) is 4.96. The van der Waals surface area contributed by atoms with E-state index in [1.807, 2.05) is 36.4 Å². The number of aromatic carboxylic acids is 1. The Morgan fingerprint density at radius 3 is 2.18 bits per heavy atom. The number of benzene rings is 3. The van der Waals surface area contributed by atoms with Gasteiger partial charge in [-0.05, 0) is 63.3 Å². The van der Waals surface area contributed by atoms with Crippen LogP contribution >= 0.6 is 15.9 Å². The number of alkyl carbamates (subject to hydrolysis) is 1. The van der Waals surface area contributed by atoms with E-state index >= 15 is 0 Å². The molecule has 168 valence electrons. The van der Waals surface area contributed by atoms with Crippen molar-refractivity contribution in [3.8, 4) is 11.1 Å². The third-order valence-electron chi connectivity index (χ3n) is 5.55. The molecule has 1 aliphatic carbocycles. The summed E-state index contributed by atoms with van der Waals surface area (Å²) in [6.45, 7) is 1.69. The Morgan fingerprint density at radius 1 is 1.00 bits per heavy atom. The predicted octanol–water partition coefficient (Wildman–Crippen LogP) is 5.01. The Bertz CT molecular complexity index is 1200. The molecule has 0 fully saturated rings. The quantitative estimate of drug-likeness (QED) is 0.433. The number of hydrogen-bond donors (Lipinski definition) is 3. The van der Waals surface area contributed by atoms with E-state index < -0.39 is 24.0 Å². The molecule has 0 heterocycles. The molecule has 3 N–H and O–H groups in total. The molecule has 7 nitrogen and oxygen atoms in total. The number of nitrogens with one attached hydrogen (secondary N) is 2. The topological polar surface area (TPSA) is 105 Å². The van der Waals surface area contributed by atoms with E-state index in [0.29, 0.717) is 10.2 Å². The highest BCUT2D eigenvalue weighted by Crippen LogP contribution is 2.44. The lowest BCUT2D eigenvalue weighted by Gasteiger charge is -2.17. The van der Waals surface area contributed by atoms with E-state index in [0.717, 1.165) is 22.3 Å². The van der Waals surface area contributed by atoms with Gasteiger partial charge in [-0.25, -0.2) is 9.59 Å². The fraction of sp³-hybridized carbons (Fsp3) is 0.160. The van der Waals surface area contributed by atoms with Crippen molar-refractivity contribution >= 4 is 39.6 Å². The zero-order chi connectivity index (χ0) is 23.5. The van der Waals surface area contributed by atoms with Gasteiger partial charge in [-0.2, -0.15) is 0 Å². The number of carboxylic acids is 1. The van der Waals surface area contributed by atoms with Gasteiger partial charge in [0.2, 0.25) is 5.91 Å². The van der Waals surface area contributed by atoms with Crippen LogP contribution in [-0.4, -0.2) is 35.7 Å². The minimum Gasteiger partial charge on any atom is -0.478 e. The lowest BCUT2D eigenvalue weighted by molar-refractivity contribution is -0.117. The van der Waals surface area contributed by atoms with Crippen LogP contribution in [0.25, 0.3) is 11.1 Å². The maximum Gasteiger partial charge on any atom is 0.407 e. The molecule has 8 heteroatoms. The molecule has 33 heavy (non-hydrogen) atoms. The van der Waals surface area contributed by atoms with Crippen molar-refractivity contribution in [2.24, 2.45) is 0 Å². The van der Waals surface area contributed by atoms with E-state index in [1.54, 1.807) is 0 Å². The molecule has 0 bridgehead atoms. The summed E-state index contributed by atoms with van der Waals surface area (Å²) >= 11 is 3.24. The van der Waals surface area contributed by atoms with Crippen molar-refractivity contribution < 1.29 is 24.2 Å². The second kappa shape index (κ2) is 9.46.